The molecule has 7 rings (SSSR count). The second-order valence-electron chi connectivity index (χ2n) is 12.0. The van der Waals surface area contributed by atoms with E-state index in [1.807, 2.05) is 43.5 Å². The molecule has 4 amide bonds. The quantitative estimate of drug-likeness (QED) is 0.307. The number of para-hydroxylation sites is 2. The van der Waals surface area contributed by atoms with Gasteiger partial charge in [-0.2, -0.15) is 0 Å². The zero-order valence-corrected chi connectivity index (χ0v) is 24.8. The van der Waals surface area contributed by atoms with Crippen LogP contribution in [0.25, 0.3) is 0 Å². The van der Waals surface area contributed by atoms with Crippen molar-refractivity contribution in [2.24, 2.45) is 29.1 Å². The molecule has 0 bridgehead atoms. The van der Waals surface area contributed by atoms with Crippen LogP contribution in [-0.4, -0.2) is 40.2 Å². The molecule has 6 unspecified atom stereocenters. The Kier molecular flexibility index (Phi) is 6.54. The molecule has 8 nitrogen and oxygen atoms in total. The Balaban J connectivity index is 1.37. The van der Waals surface area contributed by atoms with Crippen LogP contribution in [0, 0.1) is 29.1 Å². The molecule has 3 heterocycles. The van der Waals surface area contributed by atoms with Crippen molar-refractivity contribution >= 4 is 40.7 Å². The Morgan fingerprint density at radius 2 is 1.74 bits per heavy atom. The number of rotatable bonds is 6. The number of nitrogens with zero attached hydrogens (tertiary/aromatic N) is 2. The molecule has 4 aliphatic rings. The maximum Gasteiger partial charge on any atom is 0.241 e. The summed E-state index contributed by atoms with van der Waals surface area (Å²) in [5.74, 6) is -3.91. The predicted octanol–water partition coefficient (Wildman–Crippen LogP) is 5.28. The first-order valence-corrected chi connectivity index (χ1v) is 15.6. The SMILES string of the molecule is CCOc1cccc(C2C3=CCC4C(=O)N(Cc5cccs5)C(=O)C4C3CC3C(=O)N(c4ccccc4)C(=O)C32C)c1O. The van der Waals surface area contributed by atoms with Gasteiger partial charge in [-0.15, -0.1) is 11.3 Å². The second kappa shape index (κ2) is 10.2. The van der Waals surface area contributed by atoms with E-state index in [9.17, 15) is 24.3 Å². The average Bonchev–Trinajstić information content (AvgIpc) is 3.66. The Labute approximate surface area is 253 Å². The van der Waals surface area contributed by atoms with E-state index >= 15 is 0 Å². The average molecular weight is 597 g/mol. The highest BCUT2D eigenvalue weighted by atomic mass is 32.1. The minimum atomic E-state index is -1.23. The van der Waals surface area contributed by atoms with Gasteiger partial charge >= 0.3 is 0 Å². The van der Waals surface area contributed by atoms with Crippen LogP contribution >= 0.6 is 11.3 Å². The maximum absolute atomic E-state index is 14.5. The van der Waals surface area contributed by atoms with Gasteiger partial charge in [-0.3, -0.25) is 24.1 Å². The number of amides is 4. The molecule has 2 aromatic carbocycles. The number of carbonyl (C=O) groups is 4. The molecule has 9 heteroatoms. The Morgan fingerprint density at radius 3 is 2.47 bits per heavy atom. The first-order valence-electron chi connectivity index (χ1n) is 14.7. The van der Waals surface area contributed by atoms with E-state index in [0.717, 1.165) is 10.5 Å². The summed E-state index contributed by atoms with van der Waals surface area (Å²) < 4.78 is 5.72. The number of carbonyl (C=O) groups excluding carboxylic acids is 4. The van der Waals surface area contributed by atoms with Gasteiger partial charge in [0.1, 0.15) is 0 Å². The summed E-state index contributed by atoms with van der Waals surface area (Å²) in [5, 5.41) is 13.4. The van der Waals surface area contributed by atoms with Crippen LogP contribution in [0.1, 0.15) is 43.0 Å². The van der Waals surface area contributed by atoms with Crippen LogP contribution < -0.4 is 9.64 Å². The van der Waals surface area contributed by atoms with E-state index in [1.165, 1.54) is 21.1 Å². The summed E-state index contributed by atoms with van der Waals surface area (Å²) >= 11 is 1.50. The van der Waals surface area contributed by atoms with E-state index in [4.69, 9.17) is 4.74 Å². The molecule has 2 saturated heterocycles. The molecule has 1 aromatic heterocycles. The Hall–Kier alpha value is -4.24. The summed E-state index contributed by atoms with van der Waals surface area (Å²) in [6.45, 7) is 4.20. The minimum Gasteiger partial charge on any atom is -0.504 e. The number of aromatic hydroxyl groups is 1. The smallest absolute Gasteiger partial charge is 0.241 e. The lowest BCUT2D eigenvalue weighted by Gasteiger charge is -2.49. The van der Waals surface area contributed by atoms with Crippen molar-refractivity contribution in [1.29, 1.82) is 0 Å². The van der Waals surface area contributed by atoms with Gasteiger partial charge in [0, 0.05) is 16.4 Å². The van der Waals surface area contributed by atoms with Gasteiger partial charge < -0.3 is 9.84 Å². The fourth-order valence-electron chi connectivity index (χ4n) is 8.01. The number of hydrogen-bond donors (Lipinski definition) is 1. The molecular weight excluding hydrogens is 564 g/mol. The zero-order chi connectivity index (χ0) is 30.0. The van der Waals surface area contributed by atoms with Crippen molar-refractivity contribution in [3.63, 3.8) is 0 Å². The molecule has 6 atom stereocenters. The number of phenols is 1. The van der Waals surface area contributed by atoms with Crippen LogP contribution in [0.15, 0.2) is 77.7 Å². The van der Waals surface area contributed by atoms with Crippen molar-refractivity contribution in [1.82, 2.24) is 4.90 Å². The van der Waals surface area contributed by atoms with E-state index in [-0.39, 0.29) is 42.3 Å². The summed E-state index contributed by atoms with van der Waals surface area (Å²) in [6, 6.07) is 17.9. The van der Waals surface area contributed by atoms with E-state index < -0.39 is 35.0 Å². The maximum atomic E-state index is 14.5. The van der Waals surface area contributed by atoms with E-state index in [0.29, 0.717) is 30.0 Å². The third-order valence-electron chi connectivity index (χ3n) is 9.92. The molecule has 2 aliphatic carbocycles. The lowest BCUT2D eigenvalue weighted by molar-refractivity contribution is -0.141. The van der Waals surface area contributed by atoms with Crippen LogP contribution in [-0.2, 0) is 25.7 Å². The van der Waals surface area contributed by atoms with Gasteiger partial charge in [0.25, 0.3) is 0 Å². The van der Waals surface area contributed by atoms with Gasteiger partial charge in [0.15, 0.2) is 11.5 Å². The standard InChI is InChI=1S/C34H32N2O6S/c1-3-42-26-13-7-12-23(29(26)37)28-21-14-15-22-27(32(40)35(30(22)38)18-20-11-8-16-43-20)24(21)17-25-31(39)36(33(41)34(25,28)2)19-9-5-4-6-10-19/h4-14,16,22,24-25,27-28,37H,3,15,17-18H2,1-2H3. The number of anilines is 1. The number of phenolic OH excluding ortho intramolecular Hbond substituents is 1. The molecule has 0 radical (unpaired) electrons. The molecular formula is C34H32N2O6S. The van der Waals surface area contributed by atoms with Crippen molar-refractivity contribution < 1.29 is 29.0 Å². The number of ether oxygens (including phenoxy) is 1. The summed E-state index contributed by atoms with van der Waals surface area (Å²) in [4.78, 5) is 59.9. The number of likely N-dealkylation sites (tertiary alicyclic amines) is 1. The zero-order valence-electron chi connectivity index (χ0n) is 23.9. The number of benzene rings is 2. The van der Waals surface area contributed by atoms with Crippen molar-refractivity contribution in [2.75, 3.05) is 11.5 Å². The van der Waals surface area contributed by atoms with Crippen molar-refractivity contribution in [2.45, 2.75) is 39.2 Å². The fourth-order valence-corrected chi connectivity index (χ4v) is 8.70. The summed E-state index contributed by atoms with van der Waals surface area (Å²) in [6.07, 6.45) is 2.62. The molecule has 3 fully saturated rings. The fraction of sp³-hybridized carbons (Fsp3) is 0.353. The van der Waals surface area contributed by atoms with Crippen LogP contribution in [0.2, 0.25) is 0 Å². The van der Waals surface area contributed by atoms with Crippen molar-refractivity contribution in [3.8, 4) is 11.5 Å². The summed E-state index contributed by atoms with van der Waals surface area (Å²) in [7, 11) is 0. The molecule has 1 N–H and O–H groups in total. The summed E-state index contributed by atoms with van der Waals surface area (Å²) in [5.41, 5.74) is 0.575. The topological polar surface area (TPSA) is 104 Å². The third-order valence-corrected chi connectivity index (χ3v) is 10.8. The monoisotopic (exact) mass is 596 g/mol. The van der Waals surface area contributed by atoms with Gasteiger partial charge in [-0.1, -0.05) is 48.0 Å². The molecule has 0 spiro atoms. The minimum absolute atomic E-state index is 0.0791. The molecule has 3 aromatic rings. The highest BCUT2D eigenvalue weighted by Crippen LogP contribution is 2.64. The second-order valence-corrected chi connectivity index (χ2v) is 13.0. The number of allylic oxidation sites excluding steroid dienone is 2. The first kappa shape index (κ1) is 27.6. The molecule has 220 valence electrons. The van der Waals surface area contributed by atoms with Crippen molar-refractivity contribution in [3.05, 3.63) is 88.1 Å². The highest BCUT2D eigenvalue weighted by molar-refractivity contribution is 7.09. The van der Waals surface area contributed by atoms with Crippen LogP contribution in [0.4, 0.5) is 5.69 Å². The van der Waals surface area contributed by atoms with Gasteiger partial charge in [-0.25, -0.2) is 4.90 Å². The third kappa shape index (κ3) is 3.94. The van der Waals surface area contributed by atoms with Crippen LogP contribution in [0.3, 0.4) is 0 Å². The first-order chi connectivity index (χ1) is 20.8. The number of imide groups is 2. The molecule has 43 heavy (non-hydrogen) atoms. The molecule has 1 saturated carbocycles. The number of thiophene rings is 1. The van der Waals surface area contributed by atoms with E-state index in [2.05, 4.69) is 0 Å². The van der Waals surface area contributed by atoms with Crippen LogP contribution in [0.5, 0.6) is 11.5 Å². The lowest BCUT2D eigenvalue weighted by Crippen LogP contribution is -2.48. The predicted molar refractivity (Wildman–Crippen MR) is 160 cm³/mol. The Bertz CT molecular complexity index is 1670. The number of hydrogen-bond acceptors (Lipinski definition) is 7. The lowest BCUT2D eigenvalue weighted by atomic mass is 9.51. The highest BCUT2D eigenvalue weighted by Gasteiger charge is 2.68. The van der Waals surface area contributed by atoms with Gasteiger partial charge in [0.05, 0.1) is 42.0 Å². The van der Waals surface area contributed by atoms with E-state index in [1.54, 1.807) is 42.5 Å². The van der Waals surface area contributed by atoms with Gasteiger partial charge in [-0.05, 0) is 62.3 Å². The Morgan fingerprint density at radius 1 is 0.953 bits per heavy atom. The number of fused-ring (bicyclic) bond motifs is 4. The molecule has 2 aliphatic heterocycles. The largest absolute Gasteiger partial charge is 0.504 e. The van der Waals surface area contributed by atoms with Gasteiger partial charge in [0.2, 0.25) is 23.6 Å². The normalized spacial score (nSPS) is 29.8.